The molecule has 2 aromatic heterocycles. The van der Waals surface area contributed by atoms with Crippen molar-refractivity contribution >= 4 is 34.4 Å². The van der Waals surface area contributed by atoms with Gasteiger partial charge in [-0.05, 0) is 23.8 Å². The number of hydrogen-bond donors (Lipinski definition) is 1. The Labute approximate surface area is 154 Å². The van der Waals surface area contributed by atoms with Gasteiger partial charge < -0.3 is 5.32 Å². The van der Waals surface area contributed by atoms with Crippen LogP contribution in [-0.2, 0) is 17.9 Å². The van der Waals surface area contributed by atoms with Gasteiger partial charge in [-0.2, -0.15) is 5.10 Å². The maximum absolute atomic E-state index is 12.3. The minimum Gasteiger partial charge on any atom is -0.308 e. The van der Waals surface area contributed by atoms with Gasteiger partial charge >= 0.3 is 0 Å². The lowest BCUT2D eigenvalue weighted by Gasteiger charge is -2.05. The minimum atomic E-state index is -0.219. The zero-order chi connectivity index (χ0) is 17.9. The highest BCUT2D eigenvalue weighted by molar-refractivity contribution is 6.31. The van der Waals surface area contributed by atoms with Crippen LogP contribution in [0.3, 0.4) is 0 Å². The maximum Gasteiger partial charge on any atom is 0.247 e. The molecule has 0 atom stereocenters. The molecule has 2 aromatic carbocycles. The van der Waals surface area contributed by atoms with E-state index < -0.39 is 0 Å². The quantitative estimate of drug-likeness (QED) is 0.589. The lowest BCUT2D eigenvalue weighted by Crippen LogP contribution is -2.20. The number of para-hydroxylation sites is 1. The van der Waals surface area contributed by atoms with Crippen molar-refractivity contribution < 1.29 is 4.79 Å². The van der Waals surface area contributed by atoms with Crippen LogP contribution in [0.4, 0.5) is 5.82 Å². The van der Waals surface area contributed by atoms with E-state index in [1.807, 2.05) is 48.5 Å². The first-order valence-electron chi connectivity index (χ1n) is 8.04. The number of fused-ring (bicyclic) bond motifs is 1. The summed E-state index contributed by atoms with van der Waals surface area (Å²) in [4.78, 5) is 12.3. The van der Waals surface area contributed by atoms with Crippen molar-refractivity contribution in [3.8, 4) is 0 Å². The van der Waals surface area contributed by atoms with E-state index in [9.17, 15) is 4.79 Å². The minimum absolute atomic E-state index is 0.0673. The second-order valence-corrected chi connectivity index (χ2v) is 6.18. The monoisotopic (exact) mass is 366 g/mol. The van der Waals surface area contributed by atoms with E-state index in [-0.39, 0.29) is 12.5 Å². The summed E-state index contributed by atoms with van der Waals surface area (Å²) in [5.74, 6) is 0.259. The van der Waals surface area contributed by atoms with E-state index in [1.165, 1.54) is 0 Å². The van der Waals surface area contributed by atoms with Crippen LogP contribution in [0.25, 0.3) is 11.0 Å². The van der Waals surface area contributed by atoms with Crippen molar-refractivity contribution in [3.05, 3.63) is 71.4 Å². The topological polar surface area (TPSA) is 77.6 Å². The number of carbonyl (C=O) groups excluding carboxylic acids is 1. The third-order valence-corrected chi connectivity index (χ3v) is 4.28. The highest BCUT2D eigenvalue weighted by atomic mass is 35.5. The van der Waals surface area contributed by atoms with Crippen molar-refractivity contribution in [1.29, 1.82) is 0 Å². The van der Waals surface area contributed by atoms with Gasteiger partial charge in [0.1, 0.15) is 12.1 Å². The van der Waals surface area contributed by atoms with Gasteiger partial charge in [0.05, 0.1) is 12.1 Å². The molecule has 1 amide bonds. The Bertz CT molecular complexity index is 1070. The first kappa shape index (κ1) is 16.3. The maximum atomic E-state index is 12.3. The Hall–Kier alpha value is -3.19. The Morgan fingerprint density at radius 3 is 2.77 bits per heavy atom. The highest BCUT2D eigenvalue weighted by Crippen LogP contribution is 2.16. The molecule has 0 fully saturated rings. The summed E-state index contributed by atoms with van der Waals surface area (Å²) in [5, 5.41) is 15.9. The van der Waals surface area contributed by atoms with E-state index in [0.717, 1.165) is 16.6 Å². The molecule has 4 aromatic rings. The second-order valence-electron chi connectivity index (χ2n) is 5.77. The number of halogens is 1. The summed E-state index contributed by atoms with van der Waals surface area (Å²) in [6.07, 6.45) is 1.80. The Kier molecular flexibility index (Phi) is 4.37. The largest absolute Gasteiger partial charge is 0.308 e. The van der Waals surface area contributed by atoms with Gasteiger partial charge in [0.15, 0.2) is 5.82 Å². The predicted octanol–water partition coefficient (Wildman–Crippen LogP) is 2.97. The van der Waals surface area contributed by atoms with Crippen LogP contribution < -0.4 is 5.32 Å². The normalized spacial score (nSPS) is 11.0. The van der Waals surface area contributed by atoms with Crippen LogP contribution >= 0.6 is 11.6 Å². The van der Waals surface area contributed by atoms with Gasteiger partial charge in [-0.1, -0.05) is 47.1 Å². The van der Waals surface area contributed by atoms with E-state index in [1.54, 1.807) is 21.6 Å². The summed E-state index contributed by atoms with van der Waals surface area (Å²) < 4.78 is 3.28. The molecule has 1 N–H and O–H groups in total. The fraction of sp³-hybridized carbons (Fsp3) is 0.111. The molecular weight excluding hydrogens is 352 g/mol. The summed E-state index contributed by atoms with van der Waals surface area (Å²) in [6.45, 7) is 0.598. The molecule has 0 saturated carbocycles. The van der Waals surface area contributed by atoms with Crippen molar-refractivity contribution in [2.75, 3.05) is 5.32 Å². The molecule has 0 saturated heterocycles. The van der Waals surface area contributed by atoms with E-state index in [2.05, 4.69) is 20.7 Å². The first-order chi connectivity index (χ1) is 12.7. The van der Waals surface area contributed by atoms with Crippen LogP contribution in [0.2, 0.25) is 5.02 Å². The predicted molar refractivity (Wildman–Crippen MR) is 98.9 cm³/mol. The van der Waals surface area contributed by atoms with Gasteiger partial charge in [-0.25, -0.2) is 4.68 Å². The summed E-state index contributed by atoms with van der Waals surface area (Å²) in [6, 6.07) is 16.8. The average Bonchev–Trinajstić information content (AvgIpc) is 3.24. The molecule has 26 heavy (non-hydrogen) atoms. The van der Waals surface area contributed by atoms with Crippen LogP contribution in [0.15, 0.2) is 60.8 Å². The van der Waals surface area contributed by atoms with Crippen LogP contribution in [0, 0.1) is 0 Å². The number of amides is 1. The number of hydrogen-bond acceptors (Lipinski definition) is 4. The fourth-order valence-electron chi connectivity index (χ4n) is 2.67. The standard InChI is InChI=1S/C18H15ClN6O/c19-14-6-2-1-5-13(14)11-24-10-9-17(22-24)20-18(26)12-25-16-8-4-3-7-15(16)21-23-25/h1-10H,11-12H2,(H,20,22,26). The lowest BCUT2D eigenvalue weighted by molar-refractivity contribution is -0.116. The Balaban J connectivity index is 1.42. The smallest absolute Gasteiger partial charge is 0.247 e. The third-order valence-electron chi connectivity index (χ3n) is 3.91. The number of nitrogens with one attached hydrogen (secondary N) is 1. The fourth-order valence-corrected chi connectivity index (χ4v) is 2.87. The van der Waals surface area contributed by atoms with Crippen LogP contribution in [0.1, 0.15) is 5.56 Å². The van der Waals surface area contributed by atoms with Crippen LogP contribution in [-0.4, -0.2) is 30.7 Å². The van der Waals surface area contributed by atoms with Gasteiger partial charge in [0.25, 0.3) is 0 Å². The molecule has 0 spiro atoms. The molecule has 0 aliphatic heterocycles. The molecule has 130 valence electrons. The molecule has 0 unspecified atom stereocenters. The zero-order valence-corrected chi connectivity index (χ0v) is 14.5. The average molecular weight is 367 g/mol. The van der Waals surface area contributed by atoms with Gasteiger partial charge in [0.2, 0.25) is 5.91 Å². The number of rotatable bonds is 5. The third kappa shape index (κ3) is 3.43. The summed E-state index contributed by atoms with van der Waals surface area (Å²) in [5.41, 5.74) is 2.53. The first-order valence-corrected chi connectivity index (χ1v) is 8.42. The number of benzene rings is 2. The number of nitrogens with zero attached hydrogens (tertiary/aromatic N) is 5. The number of carbonyl (C=O) groups is 1. The SMILES string of the molecule is O=C(Cn1nnc2ccccc21)Nc1ccn(Cc2ccccc2Cl)n1. The molecule has 0 aliphatic rings. The van der Waals surface area contributed by atoms with Crippen molar-refractivity contribution in [3.63, 3.8) is 0 Å². The van der Waals surface area contributed by atoms with Gasteiger partial charge in [-0.15, -0.1) is 5.10 Å². The van der Waals surface area contributed by atoms with Crippen molar-refractivity contribution in [2.24, 2.45) is 0 Å². The van der Waals surface area contributed by atoms with E-state index in [4.69, 9.17) is 11.6 Å². The second kappa shape index (κ2) is 6.97. The zero-order valence-electron chi connectivity index (χ0n) is 13.7. The summed E-state index contributed by atoms with van der Waals surface area (Å²) in [7, 11) is 0. The van der Waals surface area contributed by atoms with Crippen molar-refractivity contribution in [1.82, 2.24) is 24.8 Å². The number of aromatic nitrogens is 5. The molecule has 4 rings (SSSR count). The van der Waals surface area contributed by atoms with Gasteiger partial charge in [0, 0.05) is 17.3 Å². The molecule has 0 radical (unpaired) electrons. The Morgan fingerprint density at radius 1 is 1.08 bits per heavy atom. The highest BCUT2D eigenvalue weighted by Gasteiger charge is 2.10. The molecule has 7 nitrogen and oxygen atoms in total. The molecule has 8 heteroatoms. The Morgan fingerprint density at radius 2 is 1.88 bits per heavy atom. The van der Waals surface area contributed by atoms with Gasteiger partial charge in [-0.3, -0.25) is 9.48 Å². The summed E-state index contributed by atoms with van der Waals surface area (Å²) >= 11 is 6.17. The van der Waals surface area contributed by atoms with Crippen molar-refractivity contribution in [2.45, 2.75) is 13.1 Å². The van der Waals surface area contributed by atoms with E-state index in [0.29, 0.717) is 17.4 Å². The van der Waals surface area contributed by atoms with E-state index >= 15 is 0 Å². The van der Waals surface area contributed by atoms with Crippen LogP contribution in [0.5, 0.6) is 0 Å². The lowest BCUT2D eigenvalue weighted by atomic mass is 10.2. The molecule has 2 heterocycles. The molecule has 0 bridgehead atoms. The molecule has 0 aliphatic carbocycles. The number of anilines is 1. The molecular formula is C18H15ClN6O.